The van der Waals surface area contributed by atoms with E-state index in [2.05, 4.69) is 52.1 Å². The highest BCUT2D eigenvalue weighted by molar-refractivity contribution is 5.95. The number of piperidine rings is 1. The van der Waals surface area contributed by atoms with Crippen LogP contribution in [0, 0.1) is 17.3 Å². The molecule has 0 amide bonds. The molecule has 10 atom stereocenters. The van der Waals surface area contributed by atoms with E-state index >= 15 is 4.79 Å². The number of nitrogens with zero attached hydrogens (tertiary/aromatic N) is 3. The Labute approximate surface area is 334 Å². The molecule has 1 aliphatic carbocycles. The molecule has 3 aromatic rings. The minimum absolute atomic E-state index is 0.190. The minimum atomic E-state index is -2.27. The number of aromatic amines is 1. The summed E-state index contributed by atoms with van der Waals surface area (Å²) in [6, 6.07) is 11.3. The van der Waals surface area contributed by atoms with Crippen LogP contribution in [0.5, 0.6) is 5.75 Å². The molecule has 1 spiro atoms. The highest BCUT2D eigenvalue weighted by atomic mass is 16.6. The number of fused-ring (bicyclic) bond motifs is 6. The maximum atomic E-state index is 15.2. The van der Waals surface area contributed by atoms with Crippen molar-refractivity contribution in [2.75, 3.05) is 59.5 Å². The highest BCUT2D eigenvalue weighted by Gasteiger charge is 2.80. The zero-order valence-electron chi connectivity index (χ0n) is 34.2. The summed E-state index contributed by atoms with van der Waals surface area (Å²) in [4.78, 5) is 53.3. The van der Waals surface area contributed by atoms with E-state index in [4.69, 9.17) is 18.9 Å². The summed E-state index contributed by atoms with van der Waals surface area (Å²) < 4.78 is 23.9. The van der Waals surface area contributed by atoms with Gasteiger partial charge in [-0.1, -0.05) is 50.6 Å². The third-order valence-electron chi connectivity index (χ3n) is 15.2. The monoisotopic (exact) mass is 780 g/mol. The SMILES string of the molecule is CCC1C[C@@H]2CN(Cc3c([nH]c4ccccc34)[C@@](C(=O)OC)(c3cc4c(cc3OC)N(C)[C@H]3[C@@](O)(C(=O)OC)[C@H](OC(C)=O)[C@]5(CC)C=CCN6CC[C@]43[C@@H]65)C2)C1. The Hall–Kier alpha value is -4.39. The lowest BCUT2D eigenvalue weighted by Gasteiger charge is -2.63. The van der Waals surface area contributed by atoms with Gasteiger partial charge in [0.1, 0.15) is 11.2 Å². The van der Waals surface area contributed by atoms with Crippen LogP contribution in [0.4, 0.5) is 5.69 Å². The van der Waals surface area contributed by atoms with Gasteiger partial charge in [0.15, 0.2) is 6.10 Å². The number of anilines is 1. The van der Waals surface area contributed by atoms with Crippen LogP contribution >= 0.6 is 0 Å². The summed E-state index contributed by atoms with van der Waals surface area (Å²) in [5, 5.41) is 14.4. The number of hydrogen-bond acceptors (Lipinski definition) is 11. The summed E-state index contributed by atoms with van der Waals surface area (Å²) in [5.74, 6) is -0.592. The molecule has 9 rings (SSSR count). The Kier molecular flexibility index (Phi) is 8.92. The van der Waals surface area contributed by atoms with Crippen LogP contribution in [0.15, 0.2) is 48.6 Å². The quantitative estimate of drug-likeness (QED) is 0.194. The fourth-order valence-corrected chi connectivity index (χ4v) is 13.3. The van der Waals surface area contributed by atoms with Crippen molar-refractivity contribution in [3.63, 3.8) is 0 Å². The van der Waals surface area contributed by atoms with Crippen LogP contribution in [-0.4, -0.2) is 116 Å². The van der Waals surface area contributed by atoms with Gasteiger partial charge >= 0.3 is 17.9 Å². The standard InChI is InChI=1S/C45H56N4O8/c1-8-27-19-28-22-44(40(51)55-6,36-30(25-48(23-27)24-28)29-13-10-11-14-33(29)46-36)32-20-31-34(21-35(32)54-5)47(4)38-43(31)16-18-49-17-12-15-42(9-2,37(43)49)39(57-26(3)50)45(38,53)41(52)56-7/h10-15,20-21,27-28,37-39,46,53H,8-9,16-19,22-25H2,1-7H3/t27?,28-,37-,38+,39+,42+,43+,44-,45-/m0/s1. The number of rotatable bonds is 7. The van der Waals surface area contributed by atoms with Crippen LogP contribution in [-0.2, 0) is 46.0 Å². The van der Waals surface area contributed by atoms with E-state index in [0.717, 1.165) is 59.3 Å². The molecule has 3 fully saturated rings. The topological polar surface area (TPSA) is 134 Å². The number of methoxy groups -OCH3 is 3. The second-order valence-corrected chi connectivity index (χ2v) is 17.6. The second-order valence-electron chi connectivity index (χ2n) is 17.6. The molecule has 1 aromatic heterocycles. The lowest BCUT2D eigenvalue weighted by molar-refractivity contribution is -0.228. The lowest BCUT2D eigenvalue weighted by atomic mass is 9.47. The molecular weight excluding hydrogens is 725 g/mol. The molecule has 0 radical (unpaired) electrons. The summed E-state index contributed by atoms with van der Waals surface area (Å²) in [6.45, 7) is 9.54. The van der Waals surface area contributed by atoms with Gasteiger partial charge in [-0.25, -0.2) is 4.79 Å². The highest BCUT2D eigenvalue weighted by Crippen LogP contribution is 2.68. The van der Waals surface area contributed by atoms with Crippen molar-refractivity contribution in [3.8, 4) is 5.75 Å². The number of aromatic nitrogens is 1. The first kappa shape index (κ1) is 38.1. The van der Waals surface area contributed by atoms with Crippen molar-refractivity contribution in [1.29, 1.82) is 0 Å². The fraction of sp³-hybridized carbons (Fsp3) is 0.578. The molecule has 12 nitrogen and oxygen atoms in total. The van der Waals surface area contributed by atoms with Crippen molar-refractivity contribution in [2.45, 2.75) is 94.0 Å². The number of H-pyrrole nitrogens is 1. The van der Waals surface area contributed by atoms with Crippen molar-refractivity contribution in [2.24, 2.45) is 17.3 Å². The van der Waals surface area contributed by atoms with Crippen molar-refractivity contribution < 1.29 is 38.4 Å². The zero-order chi connectivity index (χ0) is 40.2. The molecule has 2 aromatic carbocycles. The Balaban J connectivity index is 1.36. The largest absolute Gasteiger partial charge is 0.496 e. The molecule has 2 saturated heterocycles. The van der Waals surface area contributed by atoms with E-state index in [1.54, 1.807) is 7.11 Å². The Morgan fingerprint density at radius 3 is 2.47 bits per heavy atom. The predicted molar refractivity (Wildman–Crippen MR) is 214 cm³/mol. The number of hydrogen-bond donors (Lipinski definition) is 2. The number of nitrogens with one attached hydrogen (secondary N) is 1. The molecule has 1 saturated carbocycles. The number of benzene rings is 2. The number of likely N-dealkylation sites (N-methyl/N-ethyl adjacent to an activating group) is 1. The number of para-hydroxylation sites is 1. The van der Waals surface area contributed by atoms with Crippen LogP contribution in [0.3, 0.4) is 0 Å². The number of carbonyl (C=O) groups excluding carboxylic acids is 3. The van der Waals surface area contributed by atoms with Gasteiger partial charge in [-0.3, -0.25) is 19.4 Å². The first-order valence-corrected chi connectivity index (χ1v) is 20.7. The first-order valence-electron chi connectivity index (χ1n) is 20.7. The lowest BCUT2D eigenvalue weighted by Crippen LogP contribution is -2.81. The first-order chi connectivity index (χ1) is 27.4. The molecule has 2 N–H and O–H groups in total. The smallest absolute Gasteiger partial charge is 0.344 e. The Morgan fingerprint density at radius 1 is 1.00 bits per heavy atom. The molecule has 12 heteroatoms. The summed E-state index contributed by atoms with van der Waals surface area (Å²) in [6.07, 6.45) is 6.56. The molecule has 6 heterocycles. The molecule has 57 heavy (non-hydrogen) atoms. The predicted octanol–water partition coefficient (Wildman–Crippen LogP) is 4.83. The number of ether oxygens (including phenoxy) is 4. The summed E-state index contributed by atoms with van der Waals surface area (Å²) in [7, 11) is 6.26. The van der Waals surface area contributed by atoms with Crippen LogP contribution in [0.2, 0.25) is 0 Å². The Morgan fingerprint density at radius 2 is 1.77 bits per heavy atom. The van der Waals surface area contributed by atoms with Crippen LogP contribution < -0.4 is 9.64 Å². The van der Waals surface area contributed by atoms with E-state index < -0.39 is 45.9 Å². The average Bonchev–Trinajstić information content (AvgIpc) is 3.87. The summed E-state index contributed by atoms with van der Waals surface area (Å²) >= 11 is 0. The molecule has 2 unspecified atom stereocenters. The molecule has 6 aliphatic rings. The zero-order valence-corrected chi connectivity index (χ0v) is 34.2. The van der Waals surface area contributed by atoms with E-state index in [9.17, 15) is 14.7 Å². The van der Waals surface area contributed by atoms with Crippen molar-refractivity contribution >= 4 is 34.5 Å². The molecule has 304 valence electrons. The fourth-order valence-electron chi connectivity index (χ4n) is 13.3. The van der Waals surface area contributed by atoms with Gasteiger partial charge in [0, 0.05) is 90.9 Å². The van der Waals surface area contributed by atoms with Gasteiger partial charge in [0.25, 0.3) is 0 Å². The number of esters is 3. The maximum absolute atomic E-state index is 15.2. The Bertz CT molecular complexity index is 2180. The van der Waals surface area contributed by atoms with Crippen molar-refractivity contribution in [3.05, 3.63) is 70.9 Å². The van der Waals surface area contributed by atoms with E-state index in [-0.39, 0.29) is 17.9 Å². The van der Waals surface area contributed by atoms with Crippen LogP contribution in [0.1, 0.15) is 75.3 Å². The molecular formula is C45H56N4O8. The van der Waals surface area contributed by atoms with Gasteiger partial charge < -0.3 is 33.9 Å². The van der Waals surface area contributed by atoms with Crippen LogP contribution in [0.25, 0.3) is 10.9 Å². The van der Waals surface area contributed by atoms with E-state index in [1.165, 1.54) is 21.1 Å². The summed E-state index contributed by atoms with van der Waals surface area (Å²) in [5.41, 5.74) is -0.0938. The minimum Gasteiger partial charge on any atom is -0.496 e. The van der Waals surface area contributed by atoms with Gasteiger partial charge in [0.05, 0.1) is 27.4 Å². The van der Waals surface area contributed by atoms with Gasteiger partial charge in [-0.15, -0.1) is 0 Å². The molecule has 5 aliphatic heterocycles. The van der Waals surface area contributed by atoms with E-state index in [1.807, 2.05) is 37.1 Å². The maximum Gasteiger partial charge on any atom is 0.344 e. The van der Waals surface area contributed by atoms with Gasteiger partial charge in [0.2, 0.25) is 5.60 Å². The average molecular weight is 781 g/mol. The third-order valence-corrected chi connectivity index (χ3v) is 15.2. The number of aliphatic hydroxyl groups is 1. The van der Waals surface area contributed by atoms with Gasteiger partial charge in [-0.05, 0) is 67.3 Å². The number of carbonyl (C=O) groups is 3. The third kappa shape index (κ3) is 4.86. The van der Waals surface area contributed by atoms with E-state index in [0.29, 0.717) is 56.1 Å². The van der Waals surface area contributed by atoms with Crippen molar-refractivity contribution in [1.82, 2.24) is 14.8 Å². The normalized spacial score (nSPS) is 36.3. The van der Waals surface area contributed by atoms with Gasteiger partial charge in [-0.2, -0.15) is 0 Å². The second kappa shape index (κ2) is 13.3. The molecule has 2 bridgehead atoms.